The molecule has 0 spiro atoms. The van der Waals surface area contributed by atoms with Crippen molar-refractivity contribution in [3.05, 3.63) is 34.9 Å². The van der Waals surface area contributed by atoms with Gasteiger partial charge in [-0.25, -0.2) is 8.78 Å². The van der Waals surface area contributed by atoms with Crippen molar-refractivity contribution in [2.24, 2.45) is 5.92 Å². The van der Waals surface area contributed by atoms with E-state index in [1.54, 1.807) is 6.92 Å². The van der Waals surface area contributed by atoms with Crippen LogP contribution >= 0.6 is 0 Å². The van der Waals surface area contributed by atoms with E-state index < -0.39 is 23.6 Å². The summed E-state index contributed by atoms with van der Waals surface area (Å²) in [6.45, 7) is 3.96. The number of amides is 1. The maximum atomic E-state index is 13.7. The van der Waals surface area contributed by atoms with Gasteiger partial charge in [0.1, 0.15) is 11.6 Å². The molecule has 1 N–H and O–H groups in total. The van der Waals surface area contributed by atoms with Crippen molar-refractivity contribution in [1.82, 2.24) is 4.90 Å². The minimum Gasteiger partial charge on any atom is -0.393 e. The molecule has 104 valence electrons. The molecule has 0 aliphatic carbocycles. The topological polar surface area (TPSA) is 40.5 Å². The summed E-state index contributed by atoms with van der Waals surface area (Å²) in [5, 5.41) is 9.49. The zero-order chi connectivity index (χ0) is 14.2. The second-order valence-corrected chi connectivity index (χ2v) is 5.12. The lowest BCUT2D eigenvalue weighted by Gasteiger charge is -2.18. The van der Waals surface area contributed by atoms with Crippen LogP contribution in [0.2, 0.25) is 0 Å². The molecule has 1 aromatic carbocycles. The Bertz CT molecular complexity index is 502. The summed E-state index contributed by atoms with van der Waals surface area (Å²) in [5.41, 5.74) is -0.0633. The Hall–Kier alpha value is -1.49. The van der Waals surface area contributed by atoms with E-state index in [-0.39, 0.29) is 17.0 Å². The van der Waals surface area contributed by atoms with Crippen molar-refractivity contribution in [3.8, 4) is 0 Å². The smallest absolute Gasteiger partial charge is 0.256 e. The summed E-state index contributed by atoms with van der Waals surface area (Å²) in [4.78, 5) is 13.6. The van der Waals surface area contributed by atoms with Crippen LogP contribution in [0.4, 0.5) is 8.78 Å². The predicted octanol–water partition coefficient (Wildman–Crippen LogP) is 2.12. The molecule has 0 radical (unpaired) electrons. The number of carbonyl (C=O) groups excluding carboxylic acids is 1. The molecule has 3 nitrogen and oxygen atoms in total. The summed E-state index contributed by atoms with van der Waals surface area (Å²) in [7, 11) is 0. The zero-order valence-electron chi connectivity index (χ0n) is 11.0. The SMILES string of the molecule is Cc1cc(F)c(C(=O)N2CCC(C(C)O)C2)cc1F. The highest BCUT2D eigenvalue weighted by Crippen LogP contribution is 2.23. The number of rotatable bonds is 2. The summed E-state index contributed by atoms with van der Waals surface area (Å²) in [6.07, 6.45) is 0.178. The molecule has 1 saturated heterocycles. The normalized spacial score (nSPS) is 20.7. The van der Waals surface area contributed by atoms with Gasteiger partial charge in [0.15, 0.2) is 0 Å². The van der Waals surface area contributed by atoms with Crippen LogP contribution in [0.1, 0.15) is 29.3 Å². The monoisotopic (exact) mass is 269 g/mol. The Morgan fingerprint density at radius 2 is 2.11 bits per heavy atom. The van der Waals surface area contributed by atoms with Gasteiger partial charge in [0.25, 0.3) is 5.91 Å². The number of hydrogen-bond donors (Lipinski definition) is 1. The largest absolute Gasteiger partial charge is 0.393 e. The molecule has 1 fully saturated rings. The fourth-order valence-corrected chi connectivity index (χ4v) is 2.35. The van der Waals surface area contributed by atoms with Gasteiger partial charge in [-0.15, -0.1) is 0 Å². The number of likely N-dealkylation sites (tertiary alicyclic amines) is 1. The van der Waals surface area contributed by atoms with Gasteiger partial charge in [0.2, 0.25) is 0 Å². The van der Waals surface area contributed by atoms with E-state index >= 15 is 0 Å². The lowest BCUT2D eigenvalue weighted by molar-refractivity contribution is 0.0757. The number of aryl methyl sites for hydroxylation is 1. The van der Waals surface area contributed by atoms with Crippen molar-refractivity contribution in [3.63, 3.8) is 0 Å². The lowest BCUT2D eigenvalue weighted by Crippen LogP contribution is -2.31. The van der Waals surface area contributed by atoms with Crippen molar-refractivity contribution in [1.29, 1.82) is 0 Å². The van der Waals surface area contributed by atoms with E-state index in [1.807, 2.05) is 0 Å². The third kappa shape index (κ3) is 2.76. The van der Waals surface area contributed by atoms with Crippen molar-refractivity contribution >= 4 is 5.91 Å². The number of aliphatic hydroxyl groups excluding tert-OH is 1. The highest BCUT2D eigenvalue weighted by atomic mass is 19.1. The zero-order valence-corrected chi connectivity index (χ0v) is 11.0. The number of benzene rings is 1. The van der Waals surface area contributed by atoms with Gasteiger partial charge in [0.05, 0.1) is 11.7 Å². The van der Waals surface area contributed by atoms with Crippen LogP contribution < -0.4 is 0 Å². The standard InChI is InChI=1S/C14H17F2NO2/c1-8-5-13(16)11(6-12(8)15)14(19)17-4-3-10(7-17)9(2)18/h5-6,9-10,18H,3-4,7H2,1-2H3. The number of halogens is 2. The van der Waals surface area contributed by atoms with Crippen molar-refractivity contribution in [2.45, 2.75) is 26.4 Å². The summed E-state index contributed by atoms with van der Waals surface area (Å²) < 4.78 is 27.2. The second kappa shape index (κ2) is 5.25. The lowest BCUT2D eigenvalue weighted by atomic mass is 10.0. The third-order valence-electron chi connectivity index (χ3n) is 3.67. The fraction of sp³-hybridized carbons (Fsp3) is 0.500. The molecule has 1 heterocycles. The van der Waals surface area contributed by atoms with Gasteiger partial charge in [-0.1, -0.05) is 0 Å². The van der Waals surface area contributed by atoms with E-state index in [9.17, 15) is 18.7 Å². The molecule has 2 rings (SSSR count). The number of aliphatic hydroxyl groups is 1. The highest BCUT2D eigenvalue weighted by molar-refractivity contribution is 5.94. The predicted molar refractivity (Wildman–Crippen MR) is 66.8 cm³/mol. The Morgan fingerprint density at radius 1 is 1.42 bits per heavy atom. The molecule has 2 atom stereocenters. The molecular weight excluding hydrogens is 252 g/mol. The van der Waals surface area contributed by atoms with Crippen LogP contribution in [0.15, 0.2) is 12.1 Å². The molecule has 5 heteroatoms. The van der Waals surface area contributed by atoms with E-state index in [0.717, 1.165) is 12.1 Å². The number of hydrogen-bond acceptors (Lipinski definition) is 2. The van der Waals surface area contributed by atoms with Gasteiger partial charge in [-0.3, -0.25) is 4.79 Å². The first-order chi connectivity index (χ1) is 8.90. The fourth-order valence-electron chi connectivity index (χ4n) is 2.35. The molecule has 2 unspecified atom stereocenters. The maximum absolute atomic E-state index is 13.7. The molecule has 1 aliphatic rings. The highest BCUT2D eigenvalue weighted by Gasteiger charge is 2.30. The second-order valence-electron chi connectivity index (χ2n) is 5.12. The first-order valence-electron chi connectivity index (χ1n) is 6.33. The average Bonchev–Trinajstić information content (AvgIpc) is 2.82. The number of nitrogens with zero attached hydrogens (tertiary/aromatic N) is 1. The maximum Gasteiger partial charge on any atom is 0.256 e. The molecule has 1 aliphatic heterocycles. The van der Waals surface area contributed by atoms with Gasteiger partial charge in [0, 0.05) is 19.0 Å². The molecule has 1 aromatic rings. The Balaban J connectivity index is 2.19. The van der Waals surface area contributed by atoms with Crippen LogP contribution in [0.25, 0.3) is 0 Å². The van der Waals surface area contributed by atoms with Gasteiger partial charge in [-0.2, -0.15) is 0 Å². The minimum absolute atomic E-state index is 0.00214. The van der Waals surface area contributed by atoms with Crippen LogP contribution in [0, 0.1) is 24.5 Å². The molecule has 0 aromatic heterocycles. The minimum atomic E-state index is -0.704. The van der Waals surface area contributed by atoms with E-state index in [1.165, 1.54) is 11.8 Å². The Morgan fingerprint density at radius 3 is 2.68 bits per heavy atom. The van der Waals surface area contributed by atoms with E-state index in [2.05, 4.69) is 0 Å². The molecule has 1 amide bonds. The van der Waals surface area contributed by atoms with Crippen LogP contribution in [0.3, 0.4) is 0 Å². The first-order valence-corrected chi connectivity index (χ1v) is 6.33. The quantitative estimate of drug-likeness (QED) is 0.893. The van der Waals surface area contributed by atoms with Crippen molar-refractivity contribution in [2.75, 3.05) is 13.1 Å². The number of carbonyl (C=O) groups is 1. The van der Waals surface area contributed by atoms with Crippen LogP contribution in [-0.2, 0) is 0 Å². The molecule has 19 heavy (non-hydrogen) atoms. The molecule has 0 saturated carbocycles. The Kier molecular flexibility index (Phi) is 3.85. The summed E-state index contributed by atoms with van der Waals surface area (Å²) in [6, 6.07) is 1.98. The van der Waals surface area contributed by atoms with Gasteiger partial charge in [-0.05, 0) is 38.0 Å². The Labute approximate surface area is 110 Å². The van der Waals surface area contributed by atoms with Crippen LogP contribution in [-0.4, -0.2) is 35.1 Å². The first kappa shape index (κ1) is 13.9. The van der Waals surface area contributed by atoms with Gasteiger partial charge >= 0.3 is 0 Å². The average molecular weight is 269 g/mol. The molecular formula is C14H17F2NO2. The molecule has 0 bridgehead atoms. The summed E-state index contributed by atoms with van der Waals surface area (Å²) >= 11 is 0. The third-order valence-corrected chi connectivity index (χ3v) is 3.67. The van der Waals surface area contributed by atoms with E-state index in [0.29, 0.717) is 19.5 Å². The van der Waals surface area contributed by atoms with Gasteiger partial charge < -0.3 is 10.0 Å². The summed E-state index contributed by atoms with van der Waals surface area (Å²) in [5.74, 6) is -1.80. The van der Waals surface area contributed by atoms with Crippen LogP contribution in [0.5, 0.6) is 0 Å². The van der Waals surface area contributed by atoms with Crippen molar-refractivity contribution < 1.29 is 18.7 Å². The van der Waals surface area contributed by atoms with E-state index in [4.69, 9.17) is 0 Å².